The van der Waals surface area contributed by atoms with Gasteiger partial charge in [-0.15, -0.1) is 0 Å². The number of benzene rings is 1. The number of hydrogen-bond acceptors (Lipinski definition) is 6. The summed E-state index contributed by atoms with van der Waals surface area (Å²) >= 11 is 0. The average molecular weight is 493 g/mol. The fourth-order valence-electron chi connectivity index (χ4n) is 3.76. The first-order chi connectivity index (χ1) is 15.9. The number of carbonyl (C=O) groups excluding carboxylic acids is 1. The van der Waals surface area contributed by atoms with Crippen molar-refractivity contribution in [2.45, 2.75) is 50.0 Å². The van der Waals surface area contributed by atoms with Crippen LogP contribution in [-0.4, -0.2) is 55.4 Å². The Kier molecular flexibility index (Phi) is 6.40. The highest BCUT2D eigenvalue weighted by atomic mass is 19.4. The van der Waals surface area contributed by atoms with E-state index < -0.39 is 53.6 Å². The number of oxazole rings is 1. The smallest absolute Gasteiger partial charge is 0.396 e. The summed E-state index contributed by atoms with van der Waals surface area (Å²) in [5.74, 6) is -6.24. The van der Waals surface area contributed by atoms with Crippen molar-refractivity contribution in [1.29, 1.82) is 0 Å². The third-order valence-electron chi connectivity index (χ3n) is 5.62. The number of hydrogen-bond donors (Lipinski definition) is 1. The quantitative estimate of drug-likeness (QED) is 0.570. The van der Waals surface area contributed by atoms with E-state index in [0.29, 0.717) is 13.1 Å². The van der Waals surface area contributed by atoms with E-state index >= 15 is 0 Å². The lowest BCUT2D eigenvalue weighted by Gasteiger charge is -2.36. The van der Waals surface area contributed by atoms with E-state index in [1.165, 1.54) is 18.1 Å². The number of aromatic nitrogens is 1. The van der Waals surface area contributed by atoms with Gasteiger partial charge in [-0.05, 0) is 25.0 Å². The van der Waals surface area contributed by atoms with Gasteiger partial charge in [0, 0.05) is 25.3 Å². The third-order valence-corrected chi connectivity index (χ3v) is 5.62. The molecule has 2 aliphatic rings. The van der Waals surface area contributed by atoms with Crippen molar-refractivity contribution in [3.8, 4) is 5.75 Å². The second kappa shape index (κ2) is 9.01. The molecule has 1 amide bonds. The monoisotopic (exact) mass is 493 g/mol. The number of amides is 1. The highest BCUT2D eigenvalue weighted by Gasteiger charge is 2.46. The van der Waals surface area contributed by atoms with E-state index in [1.807, 2.05) is 0 Å². The molecule has 2 heterocycles. The van der Waals surface area contributed by atoms with Crippen LogP contribution in [0, 0.1) is 5.82 Å². The number of halogens is 6. The van der Waals surface area contributed by atoms with Gasteiger partial charge in [0.1, 0.15) is 12.2 Å². The molecule has 1 N–H and O–H groups in total. The van der Waals surface area contributed by atoms with Crippen molar-refractivity contribution >= 4 is 17.6 Å². The number of rotatable bonds is 7. The van der Waals surface area contributed by atoms with Crippen LogP contribution < -0.4 is 15.0 Å². The standard InChI is InChI=1S/C21H21F6N3O4/c1-32-12-9-30(10-12)19-29-17(15(34-19)8-21(25,26)27)18(31)28-11-4-5-14(13(22)7-11)33-16-3-2-6-20(16,23)24/h4-5,7,12,16H,2-3,6,8-10H2,1H3,(H,28,31). The van der Waals surface area contributed by atoms with Gasteiger partial charge in [0.05, 0.1) is 19.2 Å². The van der Waals surface area contributed by atoms with Crippen LogP contribution in [0.4, 0.5) is 38.0 Å². The molecule has 1 aromatic carbocycles. The topological polar surface area (TPSA) is 76.8 Å². The van der Waals surface area contributed by atoms with Gasteiger partial charge in [-0.25, -0.2) is 13.2 Å². The number of carbonyl (C=O) groups is 1. The predicted molar refractivity (Wildman–Crippen MR) is 107 cm³/mol. The minimum absolute atomic E-state index is 0.0730. The molecular formula is C21H21F6N3O4. The second-order valence-electron chi connectivity index (χ2n) is 8.18. The van der Waals surface area contributed by atoms with Crippen LogP contribution in [0.5, 0.6) is 5.75 Å². The summed E-state index contributed by atoms with van der Waals surface area (Å²) < 4.78 is 96.2. The molecule has 7 nitrogen and oxygen atoms in total. The molecule has 0 radical (unpaired) electrons. The molecule has 34 heavy (non-hydrogen) atoms. The van der Waals surface area contributed by atoms with Gasteiger partial charge in [-0.2, -0.15) is 18.2 Å². The maximum atomic E-state index is 14.4. The molecule has 1 aliphatic heterocycles. The lowest BCUT2D eigenvalue weighted by atomic mass is 10.2. The molecule has 1 aliphatic carbocycles. The molecule has 186 valence electrons. The zero-order valence-electron chi connectivity index (χ0n) is 17.9. The molecule has 2 fully saturated rings. The van der Waals surface area contributed by atoms with Crippen LogP contribution in [0.25, 0.3) is 0 Å². The van der Waals surface area contributed by atoms with Crippen LogP contribution in [0.15, 0.2) is 22.6 Å². The fraction of sp³-hybridized carbons (Fsp3) is 0.524. The van der Waals surface area contributed by atoms with E-state index in [9.17, 15) is 31.1 Å². The summed E-state index contributed by atoms with van der Waals surface area (Å²) in [4.78, 5) is 18.1. The summed E-state index contributed by atoms with van der Waals surface area (Å²) in [7, 11) is 1.49. The SMILES string of the molecule is COC1CN(c2nc(C(=O)Nc3ccc(OC4CCCC4(F)F)c(F)c3)c(CC(F)(F)F)o2)C1. The largest absolute Gasteiger partial charge is 0.481 e. The Morgan fingerprint density at radius 3 is 2.65 bits per heavy atom. The van der Waals surface area contributed by atoms with E-state index in [4.69, 9.17) is 13.9 Å². The van der Waals surface area contributed by atoms with Crippen molar-refractivity contribution in [2.75, 3.05) is 30.4 Å². The van der Waals surface area contributed by atoms with Crippen molar-refractivity contribution in [2.24, 2.45) is 0 Å². The molecule has 4 rings (SSSR count). The number of methoxy groups -OCH3 is 1. The van der Waals surface area contributed by atoms with E-state index in [1.54, 1.807) is 0 Å². The molecule has 1 saturated carbocycles. The Balaban J connectivity index is 1.49. The molecule has 0 spiro atoms. The van der Waals surface area contributed by atoms with Crippen LogP contribution in [-0.2, 0) is 11.2 Å². The highest BCUT2D eigenvalue weighted by Crippen LogP contribution is 2.38. The van der Waals surface area contributed by atoms with Crippen molar-refractivity contribution < 1.29 is 45.0 Å². The number of nitrogens with zero attached hydrogens (tertiary/aromatic N) is 2. The highest BCUT2D eigenvalue weighted by molar-refractivity contribution is 6.03. The first-order valence-electron chi connectivity index (χ1n) is 10.4. The van der Waals surface area contributed by atoms with E-state index in [-0.39, 0.29) is 37.1 Å². The normalized spacial score (nSPS) is 20.3. The third kappa shape index (κ3) is 5.24. The van der Waals surface area contributed by atoms with Crippen molar-refractivity contribution in [3.05, 3.63) is 35.5 Å². The fourth-order valence-corrected chi connectivity index (χ4v) is 3.76. The van der Waals surface area contributed by atoms with Crippen LogP contribution >= 0.6 is 0 Å². The molecule has 13 heteroatoms. The summed E-state index contributed by atoms with van der Waals surface area (Å²) in [5, 5.41) is 2.25. The maximum Gasteiger partial charge on any atom is 0.396 e. The molecule has 1 unspecified atom stereocenters. The summed E-state index contributed by atoms with van der Waals surface area (Å²) in [6.07, 6.45) is -7.81. The first-order valence-corrected chi connectivity index (χ1v) is 10.4. The van der Waals surface area contributed by atoms with Crippen LogP contribution in [0.2, 0.25) is 0 Å². The summed E-state index contributed by atoms with van der Waals surface area (Å²) in [6.45, 7) is 0.659. The van der Waals surface area contributed by atoms with Gasteiger partial charge in [0.25, 0.3) is 17.8 Å². The molecule has 1 saturated heterocycles. The minimum atomic E-state index is -4.66. The average Bonchev–Trinajstić information content (AvgIpc) is 3.24. The number of anilines is 2. The Bertz CT molecular complexity index is 1050. The van der Waals surface area contributed by atoms with Gasteiger partial charge in [0.2, 0.25) is 0 Å². The Morgan fingerprint density at radius 1 is 1.32 bits per heavy atom. The van der Waals surface area contributed by atoms with Crippen LogP contribution in [0.1, 0.15) is 35.5 Å². The Morgan fingerprint density at radius 2 is 2.06 bits per heavy atom. The zero-order chi connectivity index (χ0) is 24.7. The molecule has 1 aromatic heterocycles. The van der Waals surface area contributed by atoms with Gasteiger partial charge >= 0.3 is 6.18 Å². The predicted octanol–water partition coefficient (Wildman–Crippen LogP) is 4.57. The van der Waals surface area contributed by atoms with Gasteiger partial charge in [-0.1, -0.05) is 0 Å². The summed E-state index contributed by atoms with van der Waals surface area (Å²) in [5.41, 5.74) is -0.724. The lowest BCUT2D eigenvalue weighted by Crippen LogP contribution is -2.52. The van der Waals surface area contributed by atoms with Gasteiger partial charge in [-0.3, -0.25) is 4.79 Å². The lowest BCUT2D eigenvalue weighted by molar-refractivity contribution is -0.130. The molecule has 0 bridgehead atoms. The second-order valence-corrected chi connectivity index (χ2v) is 8.18. The summed E-state index contributed by atoms with van der Waals surface area (Å²) in [6, 6.07) is 2.91. The molecular weight excluding hydrogens is 472 g/mol. The number of nitrogens with one attached hydrogen (secondary N) is 1. The number of ether oxygens (including phenoxy) is 2. The number of alkyl halides is 5. The van der Waals surface area contributed by atoms with Crippen molar-refractivity contribution in [1.82, 2.24) is 4.98 Å². The van der Waals surface area contributed by atoms with Crippen molar-refractivity contribution in [3.63, 3.8) is 0 Å². The first kappa shape index (κ1) is 24.2. The Labute approximate surface area is 190 Å². The van der Waals surface area contributed by atoms with E-state index in [0.717, 1.165) is 12.1 Å². The minimum Gasteiger partial charge on any atom is -0.481 e. The molecule has 1 atom stereocenters. The van der Waals surface area contributed by atoms with E-state index in [2.05, 4.69) is 10.3 Å². The maximum absolute atomic E-state index is 14.4. The van der Waals surface area contributed by atoms with Gasteiger partial charge in [0.15, 0.2) is 23.4 Å². The zero-order valence-corrected chi connectivity index (χ0v) is 17.9. The van der Waals surface area contributed by atoms with Gasteiger partial charge < -0.3 is 24.1 Å². The Hall–Kier alpha value is -2.96. The van der Waals surface area contributed by atoms with Crippen LogP contribution in [0.3, 0.4) is 0 Å². The molecule has 2 aromatic rings.